The Bertz CT molecular complexity index is 383. The molecule has 0 aromatic carbocycles. The highest BCUT2D eigenvalue weighted by molar-refractivity contribution is 5.75. The van der Waals surface area contributed by atoms with E-state index < -0.39 is 5.60 Å². The summed E-state index contributed by atoms with van der Waals surface area (Å²) < 4.78 is 1.46. The highest BCUT2D eigenvalue weighted by Crippen LogP contribution is 2.31. The Hall–Kier alpha value is -1.43. The fourth-order valence-corrected chi connectivity index (χ4v) is 2.26. The molecule has 0 radical (unpaired) electrons. The molecule has 6 heteroatoms. The zero-order valence-corrected chi connectivity index (χ0v) is 10.7. The summed E-state index contributed by atoms with van der Waals surface area (Å²) in [5.74, 6) is 0.531. The van der Waals surface area contributed by atoms with Crippen molar-refractivity contribution < 1.29 is 9.90 Å². The first-order chi connectivity index (χ1) is 8.57. The van der Waals surface area contributed by atoms with Crippen molar-refractivity contribution >= 4 is 5.91 Å². The van der Waals surface area contributed by atoms with Gasteiger partial charge in [-0.15, -0.1) is 0 Å². The van der Waals surface area contributed by atoms with Gasteiger partial charge in [-0.3, -0.25) is 4.79 Å². The average Bonchev–Trinajstić information content (AvgIpc) is 2.84. The van der Waals surface area contributed by atoms with Gasteiger partial charge in [0.05, 0.1) is 5.60 Å². The summed E-state index contributed by atoms with van der Waals surface area (Å²) in [6.07, 6.45) is 6.46. The largest absolute Gasteiger partial charge is 0.388 e. The number of nitrogens with zero attached hydrogens (tertiary/aromatic N) is 3. The number of rotatable bonds is 4. The van der Waals surface area contributed by atoms with Crippen LogP contribution in [0.5, 0.6) is 0 Å². The molecule has 1 aromatic rings. The van der Waals surface area contributed by atoms with Crippen molar-refractivity contribution in [3.63, 3.8) is 0 Å². The van der Waals surface area contributed by atoms with Crippen molar-refractivity contribution in [2.45, 2.75) is 44.8 Å². The van der Waals surface area contributed by atoms with Crippen LogP contribution in [-0.2, 0) is 11.3 Å². The van der Waals surface area contributed by atoms with Crippen LogP contribution in [0.4, 0.5) is 0 Å². The summed E-state index contributed by atoms with van der Waals surface area (Å²) in [7, 11) is 0. The van der Waals surface area contributed by atoms with Crippen molar-refractivity contribution in [1.29, 1.82) is 0 Å². The van der Waals surface area contributed by atoms with Gasteiger partial charge in [0.1, 0.15) is 19.2 Å². The monoisotopic (exact) mass is 252 g/mol. The van der Waals surface area contributed by atoms with Gasteiger partial charge in [-0.2, -0.15) is 5.10 Å². The minimum Gasteiger partial charge on any atom is -0.388 e. The SMILES string of the molecule is CC1CCC(O)(CNC(=O)Cn2cncn2)CC1. The van der Waals surface area contributed by atoms with Gasteiger partial charge in [0.2, 0.25) is 5.91 Å². The number of amides is 1. The molecule has 6 nitrogen and oxygen atoms in total. The first-order valence-corrected chi connectivity index (χ1v) is 6.39. The Morgan fingerprint density at radius 3 is 2.89 bits per heavy atom. The Morgan fingerprint density at radius 2 is 2.28 bits per heavy atom. The van der Waals surface area contributed by atoms with E-state index in [2.05, 4.69) is 22.3 Å². The molecule has 0 bridgehead atoms. The molecule has 1 amide bonds. The van der Waals surface area contributed by atoms with Crippen LogP contribution >= 0.6 is 0 Å². The fourth-order valence-electron chi connectivity index (χ4n) is 2.26. The van der Waals surface area contributed by atoms with Gasteiger partial charge in [0.15, 0.2) is 0 Å². The standard InChI is InChI=1S/C12H20N4O2/c1-10-2-4-12(18,5-3-10)7-14-11(17)6-16-9-13-8-15-16/h8-10,18H,2-7H2,1H3,(H,14,17). The van der Waals surface area contributed by atoms with Crippen molar-refractivity contribution in [2.75, 3.05) is 6.54 Å². The number of nitrogens with one attached hydrogen (secondary N) is 1. The summed E-state index contributed by atoms with van der Waals surface area (Å²) in [4.78, 5) is 15.4. The van der Waals surface area contributed by atoms with Gasteiger partial charge in [-0.05, 0) is 31.6 Å². The van der Waals surface area contributed by atoms with E-state index in [4.69, 9.17) is 0 Å². The fraction of sp³-hybridized carbons (Fsp3) is 0.750. The summed E-state index contributed by atoms with van der Waals surface area (Å²) >= 11 is 0. The topological polar surface area (TPSA) is 80.0 Å². The minimum atomic E-state index is -0.732. The van der Waals surface area contributed by atoms with Crippen LogP contribution in [-0.4, -0.2) is 37.9 Å². The van der Waals surface area contributed by atoms with E-state index in [-0.39, 0.29) is 12.5 Å². The lowest BCUT2D eigenvalue weighted by atomic mass is 9.79. The normalized spacial score (nSPS) is 28.0. The predicted molar refractivity (Wildman–Crippen MR) is 65.6 cm³/mol. The van der Waals surface area contributed by atoms with Gasteiger partial charge in [0, 0.05) is 6.54 Å². The molecule has 1 aliphatic rings. The molecule has 0 atom stereocenters. The quantitative estimate of drug-likeness (QED) is 0.809. The number of aromatic nitrogens is 3. The third kappa shape index (κ3) is 3.53. The highest BCUT2D eigenvalue weighted by atomic mass is 16.3. The summed E-state index contributed by atoms with van der Waals surface area (Å²) in [5, 5.41) is 16.9. The molecule has 0 aliphatic heterocycles. The highest BCUT2D eigenvalue weighted by Gasteiger charge is 2.31. The number of carbonyl (C=O) groups excluding carboxylic acids is 1. The summed E-state index contributed by atoms with van der Waals surface area (Å²) in [6.45, 7) is 2.67. The maximum absolute atomic E-state index is 11.6. The zero-order chi connectivity index (χ0) is 13.0. The Labute approximate surface area is 106 Å². The van der Waals surface area contributed by atoms with E-state index in [0.29, 0.717) is 12.5 Å². The first-order valence-electron chi connectivity index (χ1n) is 6.39. The van der Waals surface area contributed by atoms with E-state index in [1.807, 2.05) is 0 Å². The molecule has 2 N–H and O–H groups in total. The average molecular weight is 252 g/mol. The van der Waals surface area contributed by atoms with E-state index >= 15 is 0 Å². The smallest absolute Gasteiger partial charge is 0.241 e. The molecule has 0 unspecified atom stereocenters. The summed E-state index contributed by atoms with van der Waals surface area (Å²) in [5.41, 5.74) is -0.732. The second-order valence-electron chi connectivity index (χ2n) is 5.28. The minimum absolute atomic E-state index is 0.145. The van der Waals surface area contributed by atoms with Crippen molar-refractivity contribution in [3.05, 3.63) is 12.7 Å². The molecule has 1 fully saturated rings. The van der Waals surface area contributed by atoms with Crippen molar-refractivity contribution in [3.8, 4) is 0 Å². The zero-order valence-electron chi connectivity index (χ0n) is 10.7. The lowest BCUT2D eigenvalue weighted by molar-refractivity contribution is -0.123. The van der Waals surface area contributed by atoms with E-state index in [0.717, 1.165) is 25.7 Å². The van der Waals surface area contributed by atoms with Gasteiger partial charge >= 0.3 is 0 Å². The van der Waals surface area contributed by atoms with Gasteiger partial charge in [-0.1, -0.05) is 6.92 Å². The van der Waals surface area contributed by atoms with Crippen LogP contribution in [0.15, 0.2) is 12.7 Å². The third-order valence-corrected chi connectivity index (χ3v) is 3.59. The molecular weight excluding hydrogens is 232 g/mol. The van der Waals surface area contributed by atoms with Gasteiger partial charge < -0.3 is 10.4 Å². The van der Waals surface area contributed by atoms with Crippen LogP contribution in [0.1, 0.15) is 32.6 Å². The molecule has 1 aliphatic carbocycles. The molecule has 1 aromatic heterocycles. The number of hydrogen-bond acceptors (Lipinski definition) is 4. The van der Waals surface area contributed by atoms with E-state index in [1.165, 1.54) is 17.3 Å². The van der Waals surface area contributed by atoms with Crippen LogP contribution < -0.4 is 5.32 Å². The second kappa shape index (κ2) is 5.48. The van der Waals surface area contributed by atoms with Crippen LogP contribution in [0.3, 0.4) is 0 Å². The summed E-state index contributed by atoms with van der Waals surface area (Å²) in [6, 6.07) is 0. The number of carbonyl (C=O) groups is 1. The lowest BCUT2D eigenvalue weighted by Gasteiger charge is -2.34. The van der Waals surface area contributed by atoms with Crippen LogP contribution in [0.2, 0.25) is 0 Å². The maximum atomic E-state index is 11.6. The first kappa shape index (κ1) is 13.0. The molecule has 18 heavy (non-hydrogen) atoms. The van der Waals surface area contributed by atoms with Crippen molar-refractivity contribution in [1.82, 2.24) is 20.1 Å². The molecule has 2 rings (SSSR count). The van der Waals surface area contributed by atoms with E-state index in [9.17, 15) is 9.90 Å². The van der Waals surface area contributed by atoms with E-state index in [1.54, 1.807) is 0 Å². The third-order valence-electron chi connectivity index (χ3n) is 3.59. The van der Waals surface area contributed by atoms with Crippen LogP contribution in [0.25, 0.3) is 0 Å². The molecule has 0 saturated heterocycles. The van der Waals surface area contributed by atoms with Gasteiger partial charge in [0.25, 0.3) is 0 Å². The Morgan fingerprint density at radius 1 is 1.56 bits per heavy atom. The second-order valence-corrected chi connectivity index (χ2v) is 5.28. The lowest BCUT2D eigenvalue weighted by Crippen LogP contribution is -2.45. The van der Waals surface area contributed by atoms with Crippen molar-refractivity contribution in [2.24, 2.45) is 5.92 Å². The molecule has 1 saturated carbocycles. The molecule has 1 heterocycles. The Balaban J connectivity index is 1.75. The Kier molecular flexibility index (Phi) is 3.96. The van der Waals surface area contributed by atoms with Gasteiger partial charge in [-0.25, -0.2) is 9.67 Å². The number of aliphatic hydroxyl groups is 1. The number of hydrogen-bond donors (Lipinski definition) is 2. The van der Waals surface area contributed by atoms with Crippen LogP contribution in [0, 0.1) is 5.92 Å². The maximum Gasteiger partial charge on any atom is 0.241 e. The molecule has 100 valence electrons. The molecule has 0 spiro atoms. The predicted octanol–water partition coefficient (Wildman–Crippen LogP) is 0.335. The molecular formula is C12H20N4O2.